The number of esters is 3. The Morgan fingerprint density at radius 3 is 1.00 bits per heavy atom. The summed E-state index contributed by atoms with van der Waals surface area (Å²) in [5, 5.41) is 0. The Balaban J connectivity index is 4.46. The Bertz CT molecular complexity index is 1160. The van der Waals surface area contributed by atoms with Gasteiger partial charge in [-0.25, -0.2) is 0 Å². The molecule has 6 heteroatoms. The first-order valence-electron chi connectivity index (χ1n) is 25.4. The summed E-state index contributed by atoms with van der Waals surface area (Å²) >= 11 is 0. The predicted octanol–water partition coefficient (Wildman–Crippen LogP) is 16.6. The molecule has 0 rings (SSSR count). The van der Waals surface area contributed by atoms with Crippen LogP contribution in [0.2, 0.25) is 0 Å². The molecule has 1 unspecified atom stereocenters. The highest BCUT2D eigenvalue weighted by Gasteiger charge is 2.19. The summed E-state index contributed by atoms with van der Waals surface area (Å²) in [5.41, 5.74) is 0. The molecule has 0 heterocycles. The first-order chi connectivity index (χ1) is 30.0. The van der Waals surface area contributed by atoms with Crippen LogP contribution in [0.5, 0.6) is 0 Å². The monoisotopic (exact) mass is 851 g/mol. The Morgan fingerprint density at radius 2 is 0.639 bits per heavy atom. The molecule has 0 amide bonds. The van der Waals surface area contributed by atoms with E-state index in [2.05, 4.69) is 87.6 Å². The zero-order valence-electron chi connectivity index (χ0n) is 39.9. The molecule has 0 aliphatic carbocycles. The minimum atomic E-state index is -0.800. The van der Waals surface area contributed by atoms with Crippen molar-refractivity contribution < 1.29 is 28.6 Å². The van der Waals surface area contributed by atoms with Crippen molar-refractivity contribution in [2.24, 2.45) is 0 Å². The second kappa shape index (κ2) is 49.5. The lowest BCUT2D eigenvalue weighted by Gasteiger charge is -2.18. The van der Waals surface area contributed by atoms with Gasteiger partial charge < -0.3 is 14.2 Å². The maximum Gasteiger partial charge on any atom is 0.306 e. The summed E-state index contributed by atoms with van der Waals surface area (Å²) in [6, 6.07) is 0. The fourth-order valence-corrected chi connectivity index (χ4v) is 6.94. The van der Waals surface area contributed by atoms with E-state index in [1.807, 2.05) is 6.08 Å². The van der Waals surface area contributed by atoms with Gasteiger partial charge in [0.2, 0.25) is 0 Å². The molecule has 0 saturated heterocycles. The Kier molecular flexibility index (Phi) is 46.9. The zero-order valence-corrected chi connectivity index (χ0v) is 39.9. The van der Waals surface area contributed by atoms with Gasteiger partial charge in [-0.15, -0.1) is 0 Å². The van der Waals surface area contributed by atoms with E-state index in [0.29, 0.717) is 19.3 Å². The molecular weight excluding hydrogens is 757 g/mol. The molecule has 0 N–H and O–H groups in total. The van der Waals surface area contributed by atoms with Crippen molar-refractivity contribution in [3.8, 4) is 0 Å². The van der Waals surface area contributed by atoms with E-state index in [1.165, 1.54) is 116 Å². The lowest BCUT2D eigenvalue weighted by molar-refractivity contribution is -0.166. The summed E-state index contributed by atoms with van der Waals surface area (Å²) < 4.78 is 16.7. The van der Waals surface area contributed by atoms with Crippen LogP contribution < -0.4 is 0 Å². The van der Waals surface area contributed by atoms with Gasteiger partial charge in [0.15, 0.2) is 6.10 Å². The third-order valence-electron chi connectivity index (χ3n) is 10.7. The third-order valence-corrected chi connectivity index (χ3v) is 10.7. The number of carbonyl (C=O) groups excluding carboxylic acids is 3. The van der Waals surface area contributed by atoms with Crippen LogP contribution in [0.1, 0.15) is 239 Å². The standard InChI is InChI=1S/C55H94O6/c1-4-7-10-13-16-19-22-24-25-26-27-28-29-31-33-36-39-42-45-48-54(57)60-51-52(50-59-53(56)47-44-41-38-35-32-21-18-15-12-9-6-3)61-55(58)49-46-43-40-37-34-30-23-20-17-14-11-8-5-2/h7,10,16,19,24-25,27-28,31,33,39,42,52H,4-6,8-9,11-15,17-18,20-23,26,29-30,32,34-38,40-41,43-51H2,1-3H3/b10-7-,19-16-,25-24-,28-27-,33-31-,42-39-. The minimum absolute atomic E-state index is 0.0956. The second-order valence-electron chi connectivity index (χ2n) is 16.7. The highest BCUT2D eigenvalue weighted by Crippen LogP contribution is 2.15. The normalized spacial score (nSPS) is 12.6. The van der Waals surface area contributed by atoms with Crippen LogP contribution in [0, 0.1) is 0 Å². The van der Waals surface area contributed by atoms with E-state index in [9.17, 15) is 14.4 Å². The Morgan fingerprint density at radius 1 is 0.344 bits per heavy atom. The SMILES string of the molecule is CC/C=C\C/C=C\C/C=C\C/C=C\C/C=C\C/C=C\CCC(=O)OCC(COC(=O)CCCCCCCCCCCCC)OC(=O)CCCCCCCCCCCCCCC. The highest BCUT2D eigenvalue weighted by molar-refractivity contribution is 5.71. The minimum Gasteiger partial charge on any atom is -0.462 e. The summed E-state index contributed by atoms with van der Waals surface area (Å²) in [5.74, 6) is -0.981. The van der Waals surface area contributed by atoms with Gasteiger partial charge in [-0.05, 0) is 57.8 Å². The first-order valence-corrected chi connectivity index (χ1v) is 25.4. The number of hydrogen-bond donors (Lipinski definition) is 0. The molecule has 0 aromatic rings. The van der Waals surface area contributed by atoms with Crippen LogP contribution >= 0.6 is 0 Å². The Labute approximate surface area is 376 Å². The molecule has 0 spiro atoms. The van der Waals surface area contributed by atoms with Gasteiger partial charge in [0, 0.05) is 19.3 Å². The summed E-state index contributed by atoms with van der Waals surface area (Å²) in [6.45, 7) is 6.45. The van der Waals surface area contributed by atoms with Gasteiger partial charge in [-0.1, -0.05) is 235 Å². The molecule has 1 atom stereocenters. The Hall–Kier alpha value is -3.15. The van der Waals surface area contributed by atoms with E-state index in [1.54, 1.807) is 0 Å². The number of unbranched alkanes of at least 4 members (excludes halogenated alkanes) is 22. The quantitative estimate of drug-likeness (QED) is 0.0263. The maximum absolute atomic E-state index is 12.8. The predicted molar refractivity (Wildman–Crippen MR) is 261 cm³/mol. The molecule has 0 fully saturated rings. The van der Waals surface area contributed by atoms with E-state index >= 15 is 0 Å². The van der Waals surface area contributed by atoms with Crippen molar-refractivity contribution in [1.29, 1.82) is 0 Å². The molecule has 6 nitrogen and oxygen atoms in total. The number of hydrogen-bond acceptors (Lipinski definition) is 6. The molecule has 0 aromatic carbocycles. The molecular formula is C55H94O6. The van der Waals surface area contributed by atoms with Gasteiger partial charge >= 0.3 is 17.9 Å². The van der Waals surface area contributed by atoms with E-state index in [4.69, 9.17) is 14.2 Å². The molecule has 0 aromatic heterocycles. The lowest BCUT2D eigenvalue weighted by Crippen LogP contribution is -2.30. The molecule has 350 valence electrons. The van der Waals surface area contributed by atoms with Crippen LogP contribution in [0.15, 0.2) is 72.9 Å². The van der Waals surface area contributed by atoms with Crippen LogP contribution in [-0.4, -0.2) is 37.2 Å². The van der Waals surface area contributed by atoms with Crippen molar-refractivity contribution in [2.75, 3.05) is 13.2 Å². The topological polar surface area (TPSA) is 78.9 Å². The van der Waals surface area contributed by atoms with Crippen LogP contribution in [0.4, 0.5) is 0 Å². The molecule has 0 saturated carbocycles. The van der Waals surface area contributed by atoms with Gasteiger partial charge in [0.1, 0.15) is 13.2 Å². The van der Waals surface area contributed by atoms with Gasteiger partial charge in [-0.3, -0.25) is 14.4 Å². The number of allylic oxidation sites excluding steroid dienone is 12. The van der Waals surface area contributed by atoms with Crippen molar-refractivity contribution >= 4 is 17.9 Å². The summed E-state index contributed by atoms with van der Waals surface area (Å²) in [4.78, 5) is 37.9. The molecule has 0 bridgehead atoms. The fourth-order valence-electron chi connectivity index (χ4n) is 6.94. The van der Waals surface area contributed by atoms with E-state index < -0.39 is 6.10 Å². The van der Waals surface area contributed by atoms with E-state index in [-0.39, 0.29) is 37.5 Å². The lowest BCUT2D eigenvalue weighted by atomic mass is 10.0. The highest BCUT2D eigenvalue weighted by atomic mass is 16.6. The van der Waals surface area contributed by atoms with Crippen molar-refractivity contribution in [1.82, 2.24) is 0 Å². The largest absolute Gasteiger partial charge is 0.462 e. The number of carbonyl (C=O) groups is 3. The molecule has 61 heavy (non-hydrogen) atoms. The van der Waals surface area contributed by atoms with Gasteiger partial charge in [-0.2, -0.15) is 0 Å². The second-order valence-corrected chi connectivity index (χ2v) is 16.7. The summed E-state index contributed by atoms with van der Waals surface area (Å²) in [6.07, 6.45) is 61.8. The third kappa shape index (κ3) is 47.7. The zero-order chi connectivity index (χ0) is 44.4. The number of rotatable bonds is 45. The average molecular weight is 851 g/mol. The van der Waals surface area contributed by atoms with Crippen molar-refractivity contribution in [2.45, 2.75) is 245 Å². The van der Waals surface area contributed by atoms with Gasteiger partial charge in [0.25, 0.3) is 0 Å². The van der Waals surface area contributed by atoms with Crippen molar-refractivity contribution in [3.05, 3.63) is 72.9 Å². The average Bonchev–Trinajstić information content (AvgIpc) is 3.26. The summed E-state index contributed by atoms with van der Waals surface area (Å²) in [7, 11) is 0. The van der Waals surface area contributed by atoms with E-state index in [0.717, 1.165) is 77.0 Å². The fraction of sp³-hybridized carbons (Fsp3) is 0.727. The first kappa shape index (κ1) is 57.9. The van der Waals surface area contributed by atoms with Crippen LogP contribution in [-0.2, 0) is 28.6 Å². The maximum atomic E-state index is 12.8. The smallest absolute Gasteiger partial charge is 0.306 e. The van der Waals surface area contributed by atoms with Crippen LogP contribution in [0.25, 0.3) is 0 Å². The number of ether oxygens (including phenoxy) is 3. The van der Waals surface area contributed by atoms with Gasteiger partial charge in [0.05, 0.1) is 0 Å². The van der Waals surface area contributed by atoms with Crippen molar-refractivity contribution in [3.63, 3.8) is 0 Å². The molecule has 0 aliphatic heterocycles. The van der Waals surface area contributed by atoms with Crippen LogP contribution in [0.3, 0.4) is 0 Å². The molecule has 0 radical (unpaired) electrons. The molecule has 0 aliphatic rings.